The van der Waals surface area contributed by atoms with Gasteiger partial charge in [0, 0.05) is 24.4 Å². The van der Waals surface area contributed by atoms with E-state index in [0.717, 1.165) is 36.8 Å². The molecule has 0 spiro atoms. The highest BCUT2D eigenvalue weighted by Crippen LogP contribution is 2.36. The Labute approximate surface area is 112 Å². The Morgan fingerprint density at radius 2 is 2.11 bits per heavy atom. The van der Waals surface area contributed by atoms with Gasteiger partial charge < -0.3 is 4.90 Å². The molecule has 0 radical (unpaired) electrons. The zero-order valence-corrected chi connectivity index (χ0v) is 12.0. The Morgan fingerprint density at radius 1 is 1.28 bits per heavy atom. The highest BCUT2D eigenvalue weighted by Gasteiger charge is 2.30. The van der Waals surface area contributed by atoms with E-state index >= 15 is 0 Å². The Kier molecular flexibility index (Phi) is 2.93. The van der Waals surface area contributed by atoms with Crippen LogP contribution in [0.2, 0.25) is 0 Å². The Balaban J connectivity index is 1.87. The smallest absolute Gasteiger partial charge is 0.186 e. The van der Waals surface area contributed by atoms with E-state index in [1.807, 2.05) is 0 Å². The van der Waals surface area contributed by atoms with Crippen molar-refractivity contribution < 1.29 is 4.79 Å². The van der Waals surface area contributed by atoms with Crippen LogP contribution >= 0.6 is 11.3 Å². The lowest BCUT2D eigenvalue weighted by Gasteiger charge is -2.37. The number of carbonyl (C=O) groups is 1. The van der Waals surface area contributed by atoms with Gasteiger partial charge in [0.1, 0.15) is 5.69 Å². The average molecular weight is 264 g/mol. The molecule has 3 rings (SSSR count). The van der Waals surface area contributed by atoms with Crippen LogP contribution in [0.4, 0.5) is 5.13 Å². The minimum absolute atomic E-state index is 0.245. The zero-order valence-electron chi connectivity index (χ0n) is 11.2. The lowest BCUT2D eigenvalue weighted by molar-refractivity contribution is 0.0968. The van der Waals surface area contributed by atoms with Crippen molar-refractivity contribution in [2.45, 2.75) is 46.0 Å². The zero-order chi connectivity index (χ0) is 12.8. The predicted molar refractivity (Wildman–Crippen MR) is 74.6 cm³/mol. The summed E-state index contributed by atoms with van der Waals surface area (Å²) in [6.45, 7) is 6.78. The first-order valence-corrected chi connectivity index (χ1v) is 7.65. The molecule has 2 heterocycles. The van der Waals surface area contributed by atoms with Gasteiger partial charge in [-0.15, -0.1) is 11.3 Å². The van der Waals surface area contributed by atoms with Crippen LogP contribution in [-0.4, -0.2) is 23.9 Å². The summed E-state index contributed by atoms with van der Waals surface area (Å²) in [6.07, 6.45) is 5.23. The molecule has 0 unspecified atom stereocenters. The molecule has 1 aliphatic carbocycles. The molecule has 0 atom stereocenters. The molecule has 0 amide bonds. The number of piperidine rings is 1. The van der Waals surface area contributed by atoms with Crippen molar-refractivity contribution in [3.63, 3.8) is 0 Å². The van der Waals surface area contributed by atoms with Gasteiger partial charge >= 0.3 is 0 Å². The minimum Gasteiger partial charge on any atom is -0.348 e. The standard InChI is InChI=1S/C14H20N2OS/c1-14(2)7-4-8-16(9-14)13-15-12-10(17)5-3-6-11(12)18-13/h3-9H2,1-2H3. The van der Waals surface area contributed by atoms with Crippen LogP contribution < -0.4 is 4.90 Å². The molecule has 1 aromatic heterocycles. The second kappa shape index (κ2) is 4.34. The van der Waals surface area contributed by atoms with Gasteiger partial charge in [0.25, 0.3) is 0 Å². The molecule has 2 aliphatic rings. The number of Topliss-reactive ketones (excluding diaryl/α,β-unsaturated/α-hetero) is 1. The van der Waals surface area contributed by atoms with Crippen molar-refractivity contribution in [3.8, 4) is 0 Å². The Bertz CT molecular complexity index is 478. The molecule has 3 nitrogen and oxygen atoms in total. The lowest BCUT2D eigenvalue weighted by atomic mass is 9.84. The number of aromatic nitrogens is 1. The van der Waals surface area contributed by atoms with Gasteiger partial charge in [-0.05, 0) is 31.1 Å². The summed E-state index contributed by atoms with van der Waals surface area (Å²) in [6, 6.07) is 0. The molecule has 1 fully saturated rings. The summed E-state index contributed by atoms with van der Waals surface area (Å²) < 4.78 is 0. The monoisotopic (exact) mass is 264 g/mol. The SMILES string of the molecule is CC1(C)CCCN(c2nc3c(s2)CCCC3=O)C1. The lowest BCUT2D eigenvalue weighted by Crippen LogP contribution is -2.40. The first-order chi connectivity index (χ1) is 8.55. The van der Waals surface area contributed by atoms with Crippen LogP contribution in [0.1, 0.15) is 54.9 Å². The Hall–Kier alpha value is -0.900. The topological polar surface area (TPSA) is 33.2 Å². The number of aryl methyl sites for hydroxylation is 1. The van der Waals surface area contributed by atoms with Crippen molar-refractivity contribution in [2.24, 2.45) is 5.41 Å². The number of hydrogen-bond acceptors (Lipinski definition) is 4. The molecule has 98 valence electrons. The fourth-order valence-corrected chi connectivity index (χ4v) is 4.12. The van der Waals surface area contributed by atoms with E-state index in [1.54, 1.807) is 11.3 Å². The van der Waals surface area contributed by atoms with Crippen molar-refractivity contribution in [2.75, 3.05) is 18.0 Å². The van der Waals surface area contributed by atoms with Crippen molar-refractivity contribution in [3.05, 3.63) is 10.6 Å². The molecule has 0 saturated carbocycles. The summed E-state index contributed by atoms with van der Waals surface area (Å²) in [5.41, 5.74) is 1.14. The van der Waals surface area contributed by atoms with E-state index in [2.05, 4.69) is 23.7 Å². The molecule has 0 aromatic carbocycles. The van der Waals surface area contributed by atoms with E-state index in [4.69, 9.17) is 0 Å². The van der Waals surface area contributed by atoms with Crippen LogP contribution in [0.5, 0.6) is 0 Å². The van der Waals surface area contributed by atoms with Gasteiger partial charge in [-0.2, -0.15) is 0 Å². The van der Waals surface area contributed by atoms with E-state index in [1.165, 1.54) is 17.7 Å². The highest BCUT2D eigenvalue weighted by atomic mass is 32.1. The fourth-order valence-electron chi connectivity index (χ4n) is 2.98. The number of hydrogen-bond donors (Lipinski definition) is 0. The summed E-state index contributed by atoms with van der Waals surface area (Å²) in [5, 5.41) is 1.07. The molecule has 18 heavy (non-hydrogen) atoms. The van der Waals surface area contributed by atoms with Crippen LogP contribution in [0.25, 0.3) is 0 Å². The van der Waals surface area contributed by atoms with E-state index in [9.17, 15) is 4.79 Å². The summed E-state index contributed by atoms with van der Waals surface area (Å²) in [4.78, 5) is 20.0. The van der Waals surface area contributed by atoms with Gasteiger partial charge in [-0.3, -0.25) is 4.79 Å². The number of carbonyl (C=O) groups excluding carboxylic acids is 1. The Morgan fingerprint density at radius 3 is 2.83 bits per heavy atom. The third-order valence-corrected chi connectivity index (χ3v) is 5.10. The molecule has 1 aliphatic heterocycles. The number of rotatable bonds is 1. The molecule has 4 heteroatoms. The van der Waals surface area contributed by atoms with E-state index in [-0.39, 0.29) is 5.78 Å². The van der Waals surface area contributed by atoms with Crippen molar-refractivity contribution >= 4 is 22.3 Å². The maximum absolute atomic E-state index is 11.8. The average Bonchev–Trinajstić information content (AvgIpc) is 2.73. The molecular weight excluding hydrogens is 244 g/mol. The molecule has 0 N–H and O–H groups in total. The quantitative estimate of drug-likeness (QED) is 0.780. The first-order valence-electron chi connectivity index (χ1n) is 6.83. The van der Waals surface area contributed by atoms with Gasteiger partial charge in [0.15, 0.2) is 10.9 Å². The van der Waals surface area contributed by atoms with Gasteiger partial charge in [0.2, 0.25) is 0 Å². The van der Waals surface area contributed by atoms with Crippen LogP contribution in [0.3, 0.4) is 0 Å². The van der Waals surface area contributed by atoms with Gasteiger partial charge in [0.05, 0.1) is 0 Å². The van der Waals surface area contributed by atoms with Gasteiger partial charge in [-0.1, -0.05) is 13.8 Å². The summed E-state index contributed by atoms with van der Waals surface area (Å²) in [5.74, 6) is 0.245. The maximum Gasteiger partial charge on any atom is 0.186 e. The predicted octanol–water partition coefficient (Wildman–Crippen LogP) is 3.29. The molecule has 1 saturated heterocycles. The second-order valence-electron chi connectivity index (χ2n) is 6.23. The largest absolute Gasteiger partial charge is 0.348 e. The fraction of sp³-hybridized carbons (Fsp3) is 0.714. The number of nitrogens with zero attached hydrogens (tertiary/aromatic N) is 2. The van der Waals surface area contributed by atoms with Crippen molar-refractivity contribution in [1.29, 1.82) is 0 Å². The molecular formula is C14H20N2OS. The van der Waals surface area contributed by atoms with E-state index < -0.39 is 0 Å². The number of anilines is 1. The number of fused-ring (bicyclic) bond motifs is 1. The van der Waals surface area contributed by atoms with Crippen LogP contribution in [0, 0.1) is 5.41 Å². The third kappa shape index (κ3) is 2.18. The third-order valence-electron chi connectivity index (χ3n) is 3.93. The second-order valence-corrected chi connectivity index (χ2v) is 7.30. The first kappa shape index (κ1) is 12.2. The molecule has 1 aromatic rings. The maximum atomic E-state index is 11.8. The van der Waals surface area contributed by atoms with Gasteiger partial charge in [-0.25, -0.2) is 4.98 Å². The van der Waals surface area contributed by atoms with Crippen LogP contribution in [-0.2, 0) is 6.42 Å². The summed E-state index contributed by atoms with van der Waals surface area (Å²) >= 11 is 1.74. The van der Waals surface area contributed by atoms with E-state index in [0.29, 0.717) is 11.8 Å². The van der Waals surface area contributed by atoms with Crippen LogP contribution in [0.15, 0.2) is 0 Å². The van der Waals surface area contributed by atoms with Crippen molar-refractivity contribution in [1.82, 2.24) is 4.98 Å². The number of ketones is 1. The molecule has 0 bridgehead atoms. The normalized spacial score (nSPS) is 23.0. The number of thiazole rings is 1. The highest BCUT2D eigenvalue weighted by molar-refractivity contribution is 7.16. The minimum atomic E-state index is 0.245. The summed E-state index contributed by atoms with van der Waals surface area (Å²) in [7, 11) is 0.